The van der Waals surface area contributed by atoms with E-state index in [0.717, 1.165) is 0 Å². The lowest BCUT2D eigenvalue weighted by Crippen LogP contribution is -2.35. The minimum Gasteiger partial charge on any atom is -0.418 e. The molecule has 1 atom stereocenters. The SMILES string of the molecule is CC(C)(C)OOC1(c2ccc(Cl)cc2)OC(=O)c2ccccc21. The summed E-state index contributed by atoms with van der Waals surface area (Å²) in [6, 6.07) is 14.0. The van der Waals surface area contributed by atoms with E-state index in [0.29, 0.717) is 21.7 Å². The molecule has 0 bridgehead atoms. The second-order valence-electron chi connectivity index (χ2n) is 6.34. The summed E-state index contributed by atoms with van der Waals surface area (Å²) < 4.78 is 5.61. The smallest absolute Gasteiger partial charge is 0.341 e. The van der Waals surface area contributed by atoms with E-state index in [1.165, 1.54) is 0 Å². The van der Waals surface area contributed by atoms with Crippen molar-refractivity contribution in [3.05, 3.63) is 70.2 Å². The third-order valence-electron chi connectivity index (χ3n) is 3.37. The molecule has 1 heterocycles. The van der Waals surface area contributed by atoms with Gasteiger partial charge in [-0.05, 0) is 39.0 Å². The Morgan fingerprint density at radius 2 is 1.70 bits per heavy atom. The van der Waals surface area contributed by atoms with Gasteiger partial charge in [-0.25, -0.2) is 9.68 Å². The van der Waals surface area contributed by atoms with E-state index in [1.54, 1.807) is 42.5 Å². The quantitative estimate of drug-likeness (QED) is 0.473. The molecule has 120 valence electrons. The number of fused-ring (bicyclic) bond motifs is 1. The Balaban J connectivity index is 2.12. The molecule has 1 aliphatic rings. The van der Waals surface area contributed by atoms with Gasteiger partial charge in [0, 0.05) is 16.1 Å². The molecule has 2 aromatic carbocycles. The molecule has 0 spiro atoms. The van der Waals surface area contributed by atoms with Crippen molar-refractivity contribution in [2.45, 2.75) is 32.2 Å². The first-order valence-electron chi connectivity index (χ1n) is 7.27. The molecule has 23 heavy (non-hydrogen) atoms. The van der Waals surface area contributed by atoms with Gasteiger partial charge in [-0.2, -0.15) is 4.89 Å². The summed E-state index contributed by atoms with van der Waals surface area (Å²) in [7, 11) is 0. The van der Waals surface area contributed by atoms with Crippen LogP contribution in [-0.2, 0) is 20.3 Å². The van der Waals surface area contributed by atoms with E-state index >= 15 is 0 Å². The number of carbonyl (C=O) groups excluding carboxylic acids is 1. The van der Waals surface area contributed by atoms with Gasteiger partial charge >= 0.3 is 5.97 Å². The summed E-state index contributed by atoms with van der Waals surface area (Å²) in [4.78, 5) is 23.4. The van der Waals surface area contributed by atoms with Crippen LogP contribution in [0.2, 0.25) is 5.02 Å². The van der Waals surface area contributed by atoms with Crippen LogP contribution < -0.4 is 0 Å². The van der Waals surface area contributed by atoms with E-state index < -0.39 is 17.4 Å². The lowest BCUT2D eigenvalue weighted by molar-refractivity contribution is -0.440. The summed E-state index contributed by atoms with van der Waals surface area (Å²) in [5, 5.41) is 0.582. The number of cyclic esters (lactones) is 1. The standard InChI is InChI=1S/C18H17ClO4/c1-17(2,3)22-23-18(12-8-10-13(19)11-9-12)15-7-5-4-6-14(15)16(20)21-18/h4-11H,1-3H3. The Hall–Kier alpha value is -1.88. The van der Waals surface area contributed by atoms with Crippen LogP contribution in [0.3, 0.4) is 0 Å². The third-order valence-corrected chi connectivity index (χ3v) is 3.62. The molecule has 0 fully saturated rings. The Labute approximate surface area is 139 Å². The van der Waals surface area contributed by atoms with Crippen molar-refractivity contribution in [2.24, 2.45) is 0 Å². The van der Waals surface area contributed by atoms with Crippen LogP contribution >= 0.6 is 11.6 Å². The second-order valence-corrected chi connectivity index (χ2v) is 6.77. The van der Waals surface area contributed by atoms with Crippen molar-refractivity contribution in [3.8, 4) is 0 Å². The zero-order valence-corrected chi connectivity index (χ0v) is 13.9. The van der Waals surface area contributed by atoms with E-state index in [9.17, 15) is 4.79 Å². The molecule has 1 aliphatic heterocycles. The maximum atomic E-state index is 12.3. The van der Waals surface area contributed by atoms with Gasteiger partial charge in [0.05, 0.1) is 11.2 Å². The number of esters is 1. The van der Waals surface area contributed by atoms with Gasteiger partial charge in [0.2, 0.25) is 0 Å². The maximum Gasteiger partial charge on any atom is 0.341 e. The predicted octanol–water partition coefficient (Wildman–Crippen LogP) is 4.46. The summed E-state index contributed by atoms with van der Waals surface area (Å²) in [6.07, 6.45) is 0. The number of hydrogen-bond acceptors (Lipinski definition) is 4. The zero-order chi connectivity index (χ0) is 16.7. The molecule has 3 rings (SSSR count). The molecule has 0 amide bonds. The van der Waals surface area contributed by atoms with Gasteiger partial charge < -0.3 is 4.74 Å². The largest absolute Gasteiger partial charge is 0.418 e. The molecule has 0 saturated carbocycles. The lowest BCUT2D eigenvalue weighted by Gasteiger charge is -2.31. The van der Waals surface area contributed by atoms with Gasteiger partial charge in [-0.15, -0.1) is 0 Å². The zero-order valence-electron chi connectivity index (χ0n) is 13.1. The Morgan fingerprint density at radius 1 is 1.04 bits per heavy atom. The van der Waals surface area contributed by atoms with Crippen LogP contribution in [0.4, 0.5) is 0 Å². The first-order valence-corrected chi connectivity index (χ1v) is 7.65. The molecule has 0 saturated heterocycles. The fraction of sp³-hybridized carbons (Fsp3) is 0.278. The monoisotopic (exact) mass is 332 g/mol. The van der Waals surface area contributed by atoms with Gasteiger partial charge in [-0.1, -0.05) is 41.9 Å². The molecule has 0 radical (unpaired) electrons. The average molecular weight is 333 g/mol. The fourth-order valence-corrected chi connectivity index (χ4v) is 2.49. The molecule has 0 N–H and O–H groups in total. The second kappa shape index (κ2) is 5.64. The van der Waals surface area contributed by atoms with Gasteiger partial charge in [0.15, 0.2) is 0 Å². The number of rotatable bonds is 3. The Morgan fingerprint density at radius 3 is 2.35 bits per heavy atom. The molecule has 4 nitrogen and oxygen atoms in total. The van der Waals surface area contributed by atoms with E-state index in [-0.39, 0.29) is 0 Å². The van der Waals surface area contributed by atoms with Crippen molar-refractivity contribution in [1.82, 2.24) is 0 Å². The number of halogens is 1. The molecule has 2 aromatic rings. The first kappa shape index (κ1) is 16.0. The van der Waals surface area contributed by atoms with Crippen LogP contribution in [0.25, 0.3) is 0 Å². The average Bonchev–Trinajstić information content (AvgIpc) is 2.80. The lowest BCUT2D eigenvalue weighted by atomic mass is 9.96. The van der Waals surface area contributed by atoms with Gasteiger partial charge in [0.25, 0.3) is 5.79 Å². The first-order chi connectivity index (χ1) is 10.8. The molecular formula is C18H17ClO4. The molecule has 0 aliphatic carbocycles. The van der Waals surface area contributed by atoms with E-state index in [4.69, 9.17) is 26.1 Å². The van der Waals surface area contributed by atoms with Crippen LogP contribution in [0.1, 0.15) is 42.3 Å². The number of carbonyl (C=O) groups is 1. The molecule has 5 heteroatoms. The maximum absolute atomic E-state index is 12.3. The van der Waals surface area contributed by atoms with Crippen LogP contribution in [0.5, 0.6) is 0 Å². The topological polar surface area (TPSA) is 44.8 Å². The minimum atomic E-state index is -1.44. The van der Waals surface area contributed by atoms with E-state index in [2.05, 4.69) is 0 Å². The highest BCUT2D eigenvalue weighted by molar-refractivity contribution is 6.30. The van der Waals surface area contributed by atoms with Crippen LogP contribution in [0.15, 0.2) is 48.5 Å². The Kier molecular flexibility index (Phi) is 3.92. The van der Waals surface area contributed by atoms with Crippen molar-refractivity contribution >= 4 is 17.6 Å². The highest BCUT2D eigenvalue weighted by atomic mass is 35.5. The highest BCUT2D eigenvalue weighted by Crippen LogP contribution is 2.43. The normalized spacial score (nSPS) is 20.3. The summed E-state index contributed by atoms with van der Waals surface area (Å²) >= 11 is 5.96. The van der Waals surface area contributed by atoms with Gasteiger partial charge in [-0.3, -0.25) is 0 Å². The molecular weight excluding hydrogens is 316 g/mol. The van der Waals surface area contributed by atoms with Crippen molar-refractivity contribution < 1.29 is 19.3 Å². The summed E-state index contributed by atoms with van der Waals surface area (Å²) in [5.41, 5.74) is 1.13. The van der Waals surface area contributed by atoms with E-state index in [1.807, 2.05) is 26.8 Å². The highest BCUT2D eigenvalue weighted by Gasteiger charge is 2.50. The van der Waals surface area contributed by atoms with Crippen molar-refractivity contribution in [2.75, 3.05) is 0 Å². The molecule has 1 unspecified atom stereocenters. The summed E-state index contributed by atoms with van der Waals surface area (Å²) in [5.74, 6) is -1.89. The van der Waals surface area contributed by atoms with Crippen molar-refractivity contribution in [3.63, 3.8) is 0 Å². The number of ether oxygens (including phenoxy) is 1. The Bertz CT molecular complexity index is 733. The number of benzene rings is 2. The van der Waals surface area contributed by atoms with Gasteiger partial charge in [0.1, 0.15) is 0 Å². The van der Waals surface area contributed by atoms with Crippen LogP contribution in [-0.4, -0.2) is 11.6 Å². The molecule has 0 aromatic heterocycles. The summed E-state index contributed by atoms with van der Waals surface area (Å²) in [6.45, 7) is 5.56. The number of hydrogen-bond donors (Lipinski definition) is 0. The van der Waals surface area contributed by atoms with Crippen LogP contribution in [0, 0.1) is 0 Å². The third kappa shape index (κ3) is 2.98. The minimum absolute atomic E-state index is 0.451. The predicted molar refractivity (Wildman–Crippen MR) is 86.0 cm³/mol. The fourth-order valence-electron chi connectivity index (χ4n) is 2.37. The van der Waals surface area contributed by atoms with Crippen molar-refractivity contribution in [1.29, 1.82) is 0 Å².